The van der Waals surface area contributed by atoms with E-state index in [2.05, 4.69) is 5.32 Å². The van der Waals surface area contributed by atoms with Gasteiger partial charge in [0.1, 0.15) is 5.82 Å². The lowest BCUT2D eigenvalue weighted by atomic mass is 9.89. The summed E-state index contributed by atoms with van der Waals surface area (Å²) in [5.41, 5.74) is 0.449. The summed E-state index contributed by atoms with van der Waals surface area (Å²) in [5.74, 6) is -0.0766. The Kier molecular flexibility index (Phi) is 5.76. The van der Waals surface area contributed by atoms with Gasteiger partial charge >= 0.3 is 0 Å². The number of carbonyl (C=O) groups is 1. The second kappa shape index (κ2) is 7.41. The Balaban J connectivity index is 1.91. The van der Waals surface area contributed by atoms with Crippen LogP contribution in [0.3, 0.4) is 0 Å². The fourth-order valence-electron chi connectivity index (χ4n) is 2.04. The summed E-state index contributed by atoms with van der Waals surface area (Å²) in [4.78, 5) is 12.1. The molecule has 1 atom stereocenters. The Bertz CT molecular complexity index is 550. The molecule has 1 aromatic rings. The summed E-state index contributed by atoms with van der Waals surface area (Å²) in [7, 11) is 0. The summed E-state index contributed by atoms with van der Waals surface area (Å²) in [6, 6.07) is 4.24. The van der Waals surface area contributed by atoms with E-state index in [0.29, 0.717) is 23.7 Å². The van der Waals surface area contributed by atoms with Gasteiger partial charge in [0.15, 0.2) is 0 Å². The monoisotopic (exact) mass is 323 g/mol. The number of hydrogen-bond donors (Lipinski definition) is 2. The van der Waals surface area contributed by atoms with Crippen LogP contribution in [0.15, 0.2) is 18.2 Å². The molecule has 0 saturated heterocycles. The van der Waals surface area contributed by atoms with Crippen LogP contribution in [0, 0.1) is 17.2 Å². The number of aliphatic hydroxyl groups excluding tert-OH is 1. The molecule has 5 heteroatoms. The molecule has 1 amide bonds. The molecule has 128 valence electrons. The molecule has 1 fully saturated rings. The van der Waals surface area contributed by atoms with E-state index < -0.39 is 6.10 Å². The number of ether oxygens (including phenoxy) is 1. The van der Waals surface area contributed by atoms with Crippen LogP contribution in [0.25, 0.3) is 0 Å². The van der Waals surface area contributed by atoms with Crippen molar-refractivity contribution in [3.8, 4) is 0 Å². The van der Waals surface area contributed by atoms with Gasteiger partial charge in [-0.3, -0.25) is 4.79 Å². The van der Waals surface area contributed by atoms with E-state index in [4.69, 9.17) is 4.74 Å². The van der Waals surface area contributed by atoms with Crippen molar-refractivity contribution >= 4 is 5.91 Å². The first-order chi connectivity index (χ1) is 10.8. The van der Waals surface area contributed by atoms with Crippen molar-refractivity contribution in [3.05, 3.63) is 35.1 Å². The molecule has 1 aliphatic carbocycles. The summed E-state index contributed by atoms with van der Waals surface area (Å²) in [6.07, 6.45) is 1.72. The van der Waals surface area contributed by atoms with Crippen LogP contribution >= 0.6 is 0 Å². The fraction of sp³-hybridized carbons (Fsp3) is 0.611. The molecular weight excluding hydrogens is 297 g/mol. The fourth-order valence-corrected chi connectivity index (χ4v) is 2.04. The van der Waals surface area contributed by atoms with E-state index in [1.807, 2.05) is 20.8 Å². The van der Waals surface area contributed by atoms with Gasteiger partial charge < -0.3 is 15.2 Å². The highest BCUT2D eigenvalue weighted by molar-refractivity contribution is 5.94. The van der Waals surface area contributed by atoms with Gasteiger partial charge in [0, 0.05) is 24.3 Å². The molecule has 23 heavy (non-hydrogen) atoms. The average Bonchev–Trinajstić information content (AvgIpc) is 3.29. The van der Waals surface area contributed by atoms with Gasteiger partial charge in [-0.15, -0.1) is 0 Å². The largest absolute Gasteiger partial charge is 0.391 e. The van der Waals surface area contributed by atoms with Gasteiger partial charge in [0.25, 0.3) is 5.91 Å². The zero-order valence-corrected chi connectivity index (χ0v) is 14.1. The van der Waals surface area contributed by atoms with Crippen LogP contribution < -0.4 is 5.32 Å². The normalized spacial score (nSPS) is 16.2. The Morgan fingerprint density at radius 3 is 2.74 bits per heavy atom. The third-order valence-electron chi connectivity index (χ3n) is 4.07. The van der Waals surface area contributed by atoms with Crippen molar-refractivity contribution in [1.82, 2.24) is 5.32 Å². The molecule has 0 aromatic heterocycles. The molecule has 1 unspecified atom stereocenters. The number of nitrogens with one attached hydrogen (secondary N) is 1. The number of amides is 1. The Hall–Kier alpha value is -1.46. The zero-order chi connectivity index (χ0) is 17.0. The highest BCUT2D eigenvalue weighted by Gasteiger charge is 2.23. The molecule has 2 N–H and O–H groups in total. The smallest absolute Gasteiger partial charge is 0.251 e. The summed E-state index contributed by atoms with van der Waals surface area (Å²) < 4.78 is 19.3. The maximum Gasteiger partial charge on any atom is 0.251 e. The summed E-state index contributed by atoms with van der Waals surface area (Å²) in [6.45, 7) is 6.68. The van der Waals surface area contributed by atoms with E-state index in [-0.39, 0.29) is 30.3 Å². The van der Waals surface area contributed by atoms with E-state index in [1.165, 1.54) is 31.0 Å². The second-order valence-electron chi connectivity index (χ2n) is 7.36. The van der Waals surface area contributed by atoms with Crippen LogP contribution in [0.1, 0.15) is 49.5 Å². The maximum atomic E-state index is 13.8. The number of hydrogen-bond acceptors (Lipinski definition) is 3. The first-order valence-electron chi connectivity index (χ1n) is 8.10. The van der Waals surface area contributed by atoms with Crippen molar-refractivity contribution in [2.24, 2.45) is 11.3 Å². The molecule has 4 nitrogen and oxygen atoms in total. The second-order valence-corrected chi connectivity index (χ2v) is 7.36. The van der Waals surface area contributed by atoms with Crippen molar-refractivity contribution in [2.75, 3.05) is 13.2 Å². The van der Waals surface area contributed by atoms with Crippen LogP contribution in [0.4, 0.5) is 4.39 Å². The number of rotatable bonds is 7. The summed E-state index contributed by atoms with van der Waals surface area (Å²) >= 11 is 0. The van der Waals surface area contributed by atoms with Crippen molar-refractivity contribution in [3.63, 3.8) is 0 Å². The number of carbonyl (C=O) groups excluding carboxylic acids is 1. The third-order valence-corrected chi connectivity index (χ3v) is 4.07. The molecule has 0 spiro atoms. The molecule has 0 bridgehead atoms. The highest BCUT2D eigenvalue weighted by Crippen LogP contribution is 2.29. The maximum absolute atomic E-state index is 13.8. The lowest BCUT2D eigenvalue weighted by Crippen LogP contribution is -2.39. The Labute approximate surface area is 137 Å². The standard InChI is InChI=1S/C18H26FNO3/c1-18(2,3)16(21)9-20-17(22)13-6-7-15(19)14(8-13)11-23-10-12-4-5-12/h6-8,12,16,21H,4-5,9-11H2,1-3H3,(H,20,22). The van der Waals surface area contributed by atoms with Gasteiger partial charge in [-0.25, -0.2) is 4.39 Å². The molecule has 2 rings (SSSR count). The number of benzene rings is 1. The zero-order valence-electron chi connectivity index (χ0n) is 14.1. The first-order valence-corrected chi connectivity index (χ1v) is 8.10. The molecule has 1 aromatic carbocycles. The van der Waals surface area contributed by atoms with E-state index in [9.17, 15) is 14.3 Å². The number of halogens is 1. The van der Waals surface area contributed by atoms with E-state index in [0.717, 1.165) is 0 Å². The molecule has 1 aliphatic rings. The van der Waals surface area contributed by atoms with Crippen LogP contribution in [-0.2, 0) is 11.3 Å². The van der Waals surface area contributed by atoms with Gasteiger partial charge in [-0.2, -0.15) is 0 Å². The van der Waals surface area contributed by atoms with E-state index in [1.54, 1.807) is 0 Å². The molecule has 1 saturated carbocycles. The minimum absolute atomic E-state index is 0.160. The average molecular weight is 323 g/mol. The predicted molar refractivity (Wildman–Crippen MR) is 86.6 cm³/mol. The van der Waals surface area contributed by atoms with Crippen LogP contribution in [0.2, 0.25) is 0 Å². The molecule has 0 heterocycles. The minimum Gasteiger partial charge on any atom is -0.391 e. The van der Waals surface area contributed by atoms with Gasteiger partial charge in [0.2, 0.25) is 0 Å². The van der Waals surface area contributed by atoms with Crippen LogP contribution in [-0.4, -0.2) is 30.3 Å². The van der Waals surface area contributed by atoms with Crippen molar-refractivity contribution < 1.29 is 19.0 Å². The molecule has 0 radical (unpaired) electrons. The lowest BCUT2D eigenvalue weighted by molar-refractivity contribution is 0.0586. The molecule has 0 aliphatic heterocycles. The predicted octanol–water partition coefficient (Wildman–Crippen LogP) is 2.89. The Morgan fingerprint density at radius 1 is 1.43 bits per heavy atom. The quantitative estimate of drug-likeness (QED) is 0.811. The Morgan fingerprint density at radius 2 is 2.13 bits per heavy atom. The topological polar surface area (TPSA) is 58.6 Å². The van der Waals surface area contributed by atoms with Gasteiger partial charge in [0.05, 0.1) is 12.7 Å². The van der Waals surface area contributed by atoms with Crippen LogP contribution in [0.5, 0.6) is 0 Å². The minimum atomic E-state index is -0.645. The van der Waals surface area contributed by atoms with Crippen molar-refractivity contribution in [1.29, 1.82) is 0 Å². The number of aliphatic hydroxyl groups is 1. The van der Waals surface area contributed by atoms with Gasteiger partial charge in [-0.05, 0) is 42.4 Å². The summed E-state index contributed by atoms with van der Waals surface area (Å²) in [5, 5.41) is 12.6. The molecular formula is C18H26FNO3. The SMILES string of the molecule is CC(C)(C)C(O)CNC(=O)c1ccc(F)c(COCC2CC2)c1. The lowest BCUT2D eigenvalue weighted by Gasteiger charge is -2.25. The first kappa shape index (κ1) is 17.9. The third kappa shape index (κ3) is 5.59. The van der Waals surface area contributed by atoms with Crippen molar-refractivity contribution in [2.45, 2.75) is 46.3 Å². The van der Waals surface area contributed by atoms with E-state index >= 15 is 0 Å². The van der Waals surface area contributed by atoms with Gasteiger partial charge in [-0.1, -0.05) is 20.8 Å². The highest BCUT2D eigenvalue weighted by atomic mass is 19.1.